The number of carbonyl (C=O) groups is 1. The minimum Gasteiger partial charge on any atom is -0.490 e. The highest BCUT2D eigenvalue weighted by molar-refractivity contribution is 5.95. The van der Waals surface area contributed by atoms with Gasteiger partial charge in [-0.15, -0.1) is 0 Å². The molecule has 1 amide bonds. The number of hydrogen-bond acceptors (Lipinski definition) is 5. The van der Waals surface area contributed by atoms with Gasteiger partial charge in [-0.3, -0.25) is 14.9 Å². The Kier molecular flexibility index (Phi) is 6.08. The lowest BCUT2D eigenvalue weighted by Gasteiger charge is -2.23. The van der Waals surface area contributed by atoms with Crippen molar-refractivity contribution in [2.24, 2.45) is 0 Å². The van der Waals surface area contributed by atoms with Crippen LogP contribution in [-0.4, -0.2) is 43.5 Å². The van der Waals surface area contributed by atoms with Gasteiger partial charge in [0, 0.05) is 18.2 Å². The van der Waals surface area contributed by atoms with Crippen LogP contribution in [-0.2, 0) is 0 Å². The summed E-state index contributed by atoms with van der Waals surface area (Å²) in [7, 11) is 5.19. The monoisotopic (exact) mass is 343 g/mol. The van der Waals surface area contributed by atoms with Gasteiger partial charge in [-0.25, -0.2) is 0 Å². The third kappa shape index (κ3) is 4.77. The van der Waals surface area contributed by atoms with Crippen molar-refractivity contribution in [1.29, 1.82) is 0 Å². The van der Waals surface area contributed by atoms with Crippen LogP contribution < -0.4 is 10.1 Å². The highest BCUT2D eigenvalue weighted by Crippen LogP contribution is 2.27. The van der Waals surface area contributed by atoms with E-state index in [4.69, 9.17) is 4.74 Å². The molecule has 0 aliphatic heterocycles. The summed E-state index contributed by atoms with van der Waals surface area (Å²) in [5.41, 5.74) is 0.943. The highest BCUT2D eigenvalue weighted by atomic mass is 16.6. The molecule has 0 saturated heterocycles. The SMILES string of the molecule is COc1ccc(C(=O)N[C@H](CN(C)C)c2ccccc2)cc1[N+](=O)[O-]. The Morgan fingerprint density at radius 1 is 1.24 bits per heavy atom. The number of ether oxygens (including phenoxy) is 1. The van der Waals surface area contributed by atoms with Gasteiger partial charge in [0.25, 0.3) is 5.91 Å². The maximum atomic E-state index is 12.6. The molecule has 132 valence electrons. The number of likely N-dealkylation sites (N-methyl/N-ethyl adjacent to an activating group) is 1. The average molecular weight is 343 g/mol. The van der Waals surface area contributed by atoms with Gasteiger partial charge in [0.1, 0.15) is 0 Å². The topological polar surface area (TPSA) is 84.7 Å². The summed E-state index contributed by atoms with van der Waals surface area (Å²) in [6, 6.07) is 13.5. The van der Waals surface area contributed by atoms with Crippen LogP contribution in [0.1, 0.15) is 22.0 Å². The molecule has 0 aliphatic carbocycles. The number of rotatable bonds is 7. The van der Waals surface area contributed by atoms with Gasteiger partial charge >= 0.3 is 5.69 Å². The van der Waals surface area contributed by atoms with Crippen molar-refractivity contribution < 1.29 is 14.5 Å². The predicted octanol–water partition coefficient (Wildman–Crippen LogP) is 2.64. The van der Waals surface area contributed by atoms with Crippen molar-refractivity contribution in [3.8, 4) is 5.75 Å². The number of methoxy groups -OCH3 is 1. The number of hydrogen-bond donors (Lipinski definition) is 1. The molecule has 2 aromatic rings. The molecule has 1 atom stereocenters. The van der Waals surface area contributed by atoms with E-state index in [1.54, 1.807) is 0 Å². The molecule has 0 aromatic heterocycles. The van der Waals surface area contributed by atoms with E-state index in [9.17, 15) is 14.9 Å². The fraction of sp³-hybridized carbons (Fsp3) is 0.278. The maximum absolute atomic E-state index is 12.6. The third-order valence-corrected chi connectivity index (χ3v) is 3.69. The largest absolute Gasteiger partial charge is 0.490 e. The standard InChI is InChI=1S/C18H21N3O4/c1-20(2)12-15(13-7-5-4-6-8-13)19-18(22)14-9-10-17(25-3)16(11-14)21(23)24/h4-11,15H,12H2,1-3H3,(H,19,22)/t15-/m1/s1. The van der Waals surface area contributed by atoms with Crippen LogP contribution in [0.5, 0.6) is 5.75 Å². The van der Waals surface area contributed by atoms with E-state index >= 15 is 0 Å². The molecule has 2 rings (SSSR count). The average Bonchev–Trinajstić information content (AvgIpc) is 2.60. The highest BCUT2D eigenvalue weighted by Gasteiger charge is 2.21. The zero-order chi connectivity index (χ0) is 18.4. The van der Waals surface area contributed by atoms with Crippen molar-refractivity contribution >= 4 is 11.6 Å². The summed E-state index contributed by atoms with van der Waals surface area (Å²) in [5.74, 6) is -0.254. The van der Waals surface area contributed by atoms with Gasteiger partial charge in [0.15, 0.2) is 5.75 Å². The molecular formula is C18H21N3O4. The van der Waals surface area contributed by atoms with Crippen molar-refractivity contribution in [3.05, 3.63) is 69.8 Å². The lowest BCUT2D eigenvalue weighted by molar-refractivity contribution is -0.385. The van der Waals surface area contributed by atoms with Crippen LogP contribution in [0.4, 0.5) is 5.69 Å². The normalized spacial score (nSPS) is 11.8. The van der Waals surface area contributed by atoms with E-state index < -0.39 is 4.92 Å². The Labute approximate surface area is 146 Å². The number of nitro groups is 1. The summed E-state index contributed by atoms with van der Waals surface area (Å²) in [6.45, 7) is 0.605. The Hall–Kier alpha value is -2.93. The van der Waals surface area contributed by atoms with Crippen LogP contribution in [0.15, 0.2) is 48.5 Å². The first-order valence-electron chi connectivity index (χ1n) is 7.75. The Morgan fingerprint density at radius 2 is 1.92 bits per heavy atom. The van der Waals surface area contributed by atoms with E-state index in [0.29, 0.717) is 6.54 Å². The number of nitro benzene ring substituents is 1. The van der Waals surface area contributed by atoms with E-state index in [-0.39, 0.29) is 28.9 Å². The Balaban J connectivity index is 2.26. The minimum atomic E-state index is -0.565. The van der Waals surface area contributed by atoms with Crippen molar-refractivity contribution in [1.82, 2.24) is 10.2 Å². The number of nitrogens with one attached hydrogen (secondary N) is 1. The Bertz CT molecular complexity index is 747. The van der Waals surface area contributed by atoms with Crippen LogP contribution >= 0.6 is 0 Å². The second-order valence-electron chi connectivity index (χ2n) is 5.84. The van der Waals surface area contributed by atoms with Gasteiger partial charge in [0.2, 0.25) is 0 Å². The molecule has 7 heteroatoms. The fourth-order valence-corrected chi connectivity index (χ4v) is 2.50. The Morgan fingerprint density at radius 3 is 2.48 bits per heavy atom. The lowest BCUT2D eigenvalue weighted by Crippen LogP contribution is -2.35. The summed E-state index contributed by atoms with van der Waals surface area (Å²) in [6.07, 6.45) is 0. The van der Waals surface area contributed by atoms with E-state index in [1.165, 1.54) is 25.3 Å². The van der Waals surface area contributed by atoms with Gasteiger partial charge in [-0.1, -0.05) is 30.3 Å². The molecule has 0 heterocycles. The molecular weight excluding hydrogens is 322 g/mol. The minimum absolute atomic E-state index is 0.120. The van der Waals surface area contributed by atoms with Crippen molar-refractivity contribution in [3.63, 3.8) is 0 Å². The van der Waals surface area contributed by atoms with E-state index in [0.717, 1.165) is 5.56 Å². The second-order valence-corrected chi connectivity index (χ2v) is 5.84. The molecule has 7 nitrogen and oxygen atoms in total. The van der Waals surface area contributed by atoms with E-state index in [2.05, 4.69) is 5.32 Å². The molecule has 0 unspecified atom stereocenters. The smallest absolute Gasteiger partial charge is 0.311 e. The van der Waals surface area contributed by atoms with Crippen LogP contribution in [0.2, 0.25) is 0 Å². The molecule has 0 saturated carbocycles. The van der Waals surface area contributed by atoms with Gasteiger partial charge in [0.05, 0.1) is 18.1 Å². The first kappa shape index (κ1) is 18.4. The van der Waals surface area contributed by atoms with Crippen molar-refractivity contribution in [2.75, 3.05) is 27.7 Å². The summed E-state index contributed by atoms with van der Waals surface area (Å²) in [5, 5.41) is 14.1. The maximum Gasteiger partial charge on any atom is 0.311 e. The zero-order valence-electron chi connectivity index (χ0n) is 14.4. The van der Waals surface area contributed by atoms with Gasteiger partial charge in [-0.05, 0) is 31.8 Å². The number of carbonyl (C=O) groups excluding carboxylic acids is 1. The molecule has 0 radical (unpaired) electrons. The van der Waals surface area contributed by atoms with Gasteiger partial charge in [-0.2, -0.15) is 0 Å². The molecule has 0 bridgehead atoms. The molecule has 0 fully saturated rings. The first-order valence-corrected chi connectivity index (χ1v) is 7.75. The van der Waals surface area contributed by atoms with Crippen LogP contribution in [0.3, 0.4) is 0 Å². The number of benzene rings is 2. The number of amides is 1. The summed E-state index contributed by atoms with van der Waals surface area (Å²) < 4.78 is 4.96. The molecule has 2 aromatic carbocycles. The zero-order valence-corrected chi connectivity index (χ0v) is 14.4. The van der Waals surface area contributed by atoms with Crippen LogP contribution in [0.25, 0.3) is 0 Å². The quantitative estimate of drug-likeness (QED) is 0.617. The number of nitrogens with zero attached hydrogens (tertiary/aromatic N) is 2. The van der Waals surface area contributed by atoms with Crippen LogP contribution in [0, 0.1) is 10.1 Å². The molecule has 1 N–H and O–H groups in total. The molecule has 0 aliphatic rings. The molecule has 25 heavy (non-hydrogen) atoms. The summed E-state index contributed by atoms with van der Waals surface area (Å²) in [4.78, 5) is 25.1. The molecule has 0 spiro atoms. The first-order chi connectivity index (χ1) is 11.9. The third-order valence-electron chi connectivity index (χ3n) is 3.69. The summed E-state index contributed by atoms with van der Waals surface area (Å²) >= 11 is 0. The second kappa shape index (κ2) is 8.25. The van der Waals surface area contributed by atoms with Gasteiger partial charge < -0.3 is 15.0 Å². The van der Waals surface area contributed by atoms with E-state index in [1.807, 2.05) is 49.3 Å². The predicted molar refractivity (Wildman–Crippen MR) is 94.9 cm³/mol. The lowest BCUT2D eigenvalue weighted by atomic mass is 10.1. The fourth-order valence-electron chi connectivity index (χ4n) is 2.50. The van der Waals surface area contributed by atoms with Crippen molar-refractivity contribution in [2.45, 2.75) is 6.04 Å².